The molecular formula is C15H18F3N3O2. The molecule has 23 heavy (non-hydrogen) atoms. The summed E-state index contributed by atoms with van der Waals surface area (Å²) >= 11 is 0. The number of imidazole rings is 1. The molecule has 0 unspecified atom stereocenters. The van der Waals surface area contributed by atoms with Crippen LogP contribution in [0.1, 0.15) is 17.1 Å². The van der Waals surface area contributed by atoms with Crippen LogP contribution in [0, 0.1) is 6.92 Å². The molecule has 0 aliphatic rings. The van der Waals surface area contributed by atoms with E-state index in [0.29, 0.717) is 19.6 Å². The summed E-state index contributed by atoms with van der Waals surface area (Å²) in [6, 6.07) is 5.70. The van der Waals surface area contributed by atoms with Crippen LogP contribution in [0.25, 0.3) is 0 Å². The molecule has 0 bridgehead atoms. The minimum atomic E-state index is -4.69. The van der Waals surface area contributed by atoms with Crippen LogP contribution in [0.15, 0.2) is 30.5 Å². The Kier molecular flexibility index (Phi) is 5.62. The van der Waals surface area contributed by atoms with Gasteiger partial charge in [-0.05, 0) is 24.6 Å². The van der Waals surface area contributed by atoms with E-state index in [4.69, 9.17) is 5.11 Å². The predicted molar refractivity (Wildman–Crippen MR) is 77.6 cm³/mol. The number of halogens is 3. The van der Waals surface area contributed by atoms with Gasteiger partial charge in [-0.2, -0.15) is 0 Å². The van der Waals surface area contributed by atoms with Crippen molar-refractivity contribution in [1.29, 1.82) is 0 Å². The van der Waals surface area contributed by atoms with Crippen molar-refractivity contribution >= 4 is 0 Å². The number of hydrogen-bond donors (Lipinski definition) is 2. The zero-order valence-corrected chi connectivity index (χ0v) is 12.6. The summed E-state index contributed by atoms with van der Waals surface area (Å²) in [5.41, 5.74) is 1.73. The molecule has 0 fully saturated rings. The third kappa shape index (κ3) is 5.91. The average molecular weight is 329 g/mol. The second-order valence-electron chi connectivity index (χ2n) is 5.12. The third-order valence-corrected chi connectivity index (χ3v) is 3.13. The molecule has 0 aliphatic carbocycles. The number of aromatic amines is 1. The number of alkyl halides is 3. The van der Waals surface area contributed by atoms with Gasteiger partial charge in [-0.15, -0.1) is 13.2 Å². The number of benzene rings is 1. The van der Waals surface area contributed by atoms with E-state index in [0.717, 1.165) is 17.1 Å². The lowest BCUT2D eigenvalue weighted by Gasteiger charge is -2.20. The van der Waals surface area contributed by atoms with Gasteiger partial charge in [0, 0.05) is 31.5 Å². The van der Waals surface area contributed by atoms with Crippen LogP contribution in [0.5, 0.6) is 5.75 Å². The molecule has 0 saturated carbocycles. The van der Waals surface area contributed by atoms with E-state index in [-0.39, 0.29) is 12.4 Å². The van der Waals surface area contributed by atoms with E-state index < -0.39 is 6.36 Å². The molecule has 126 valence electrons. The highest BCUT2D eigenvalue weighted by Crippen LogP contribution is 2.23. The molecule has 0 radical (unpaired) electrons. The number of aryl methyl sites for hydroxylation is 1. The largest absolute Gasteiger partial charge is 0.573 e. The fourth-order valence-electron chi connectivity index (χ4n) is 2.20. The maximum atomic E-state index is 12.1. The van der Waals surface area contributed by atoms with Gasteiger partial charge >= 0.3 is 6.36 Å². The normalized spacial score (nSPS) is 11.9. The Morgan fingerprint density at radius 3 is 2.43 bits per heavy atom. The lowest BCUT2D eigenvalue weighted by molar-refractivity contribution is -0.274. The molecule has 5 nitrogen and oxygen atoms in total. The number of hydrogen-bond acceptors (Lipinski definition) is 4. The predicted octanol–water partition coefficient (Wildman–Crippen LogP) is 2.61. The second kappa shape index (κ2) is 7.47. The fraction of sp³-hybridized carbons (Fsp3) is 0.400. The Morgan fingerprint density at radius 1 is 1.22 bits per heavy atom. The van der Waals surface area contributed by atoms with Gasteiger partial charge in [-0.25, -0.2) is 4.98 Å². The van der Waals surface area contributed by atoms with Crippen molar-refractivity contribution in [3.05, 3.63) is 47.5 Å². The first-order valence-electron chi connectivity index (χ1n) is 7.04. The van der Waals surface area contributed by atoms with Crippen LogP contribution in [-0.2, 0) is 13.1 Å². The zero-order chi connectivity index (χ0) is 16.9. The molecule has 0 amide bonds. The van der Waals surface area contributed by atoms with E-state index in [1.165, 1.54) is 12.1 Å². The smallest absolute Gasteiger partial charge is 0.406 e. The maximum Gasteiger partial charge on any atom is 0.573 e. The second-order valence-corrected chi connectivity index (χ2v) is 5.12. The van der Waals surface area contributed by atoms with Crippen molar-refractivity contribution in [2.24, 2.45) is 0 Å². The number of aliphatic hydroxyl groups excluding tert-OH is 1. The van der Waals surface area contributed by atoms with Crippen LogP contribution in [0.3, 0.4) is 0 Å². The summed E-state index contributed by atoms with van der Waals surface area (Å²) < 4.78 is 40.2. The summed E-state index contributed by atoms with van der Waals surface area (Å²) in [6.45, 7) is 3.33. The van der Waals surface area contributed by atoms with Crippen molar-refractivity contribution < 1.29 is 23.0 Å². The monoisotopic (exact) mass is 329 g/mol. The number of H-pyrrole nitrogens is 1. The summed E-state index contributed by atoms with van der Waals surface area (Å²) in [7, 11) is 0. The first kappa shape index (κ1) is 17.3. The van der Waals surface area contributed by atoms with E-state index in [1.807, 2.05) is 11.8 Å². The number of rotatable bonds is 7. The molecule has 8 heteroatoms. The van der Waals surface area contributed by atoms with Crippen LogP contribution < -0.4 is 4.74 Å². The summed E-state index contributed by atoms with van der Waals surface area (Å²) in [6.07, 6.45) is -2.97. The molecule has 2 rings (SSSR count). The molecule has 0 atom stereocenters. The zero-order valence-electron chi connectivity index (χ0n) is 12.6. The first-order chi connectivity index (χ1) is 10.9. The van der Waals surface area contributed by atoms with Gasteiger partial charge in [0.25, 0.3) is 0 Å². The molecule has 1 heterocycles. The van der Waals surface area contributed by atoms with Crippen LogP contribution in [0.4, 0.5) is 13.2 Å². The molecule has 1 aromatic heterocycles. The van der Waals surface area contributed by atoms with Gasteiger partial charge in [-0.1, -0.05) is 12.1 Å². The molecule has 1 aromatic carbocycles. The van der Waals surface area contributed by atoms with Gasteiger partial charge in [0.15, 0.2) is 0 Å². The number of aromatic nitrogens is 2. The highest BCUT2D eigenvalue weighted by Gasteiger charge is 2.30. The van der Waals surface area contributed by atoms with Gasteiger partial charge in [-0.3, -0.25) is 4.90 Å². The minimum Gasteiger partial charge on any atom is -0.406 e. The summed E-state index contributed by atoms with van der Waals surface area (Å²) in [5, 5.41) is 9.16. The van der Waals surface area contributed by atoms with E-state index >= 15 is 0 Å². The highest BCUT2D eigenvalue weighted by molar-refractivity contribution is 5.27. The van der Waals surface area contributed by atoms with E-state index in [2.05, 4.69) is 14.7 Å². The Morgan fingerprint density at radius 2 is 1.91 bits per heavy atom. The van der Waals surface area contributed by atoms with Gasteiger partial charge in [0.05, 0.1) is 6.61 Å². The lowest BCUT2D eigenvalue weighted by atomic mass is 10.2. The standard InChI is InChI=1S/C15H18F3N3O2/c1-11-19-8-13(20-11)10-21(6-7-22)9-12-2-4-14(5-3-12)23-15(16,17)18/h2-5,8,22H,6-7,9-10H2,1H3,(H,19,20). The Hall–Kier alpha value is -2.06. The van der Waals surface area contributed by atoms with Crippen molar-refractivity contribution in [3.8, 4) is 5.75 Å². The van der Waals surface area contributed by atoms with Crippen LogP contribution in [-0.4, -0.2) is 39.5 Å². The van der Waals surface area contributed by atoms with Crippen molar-refractivity contribution in [1.82, 2.24) is 14.9 Å². The van der Waals surface area contributed by atoms with Crippen LogP contribution >= 0.6 is 0 Å². The topological polar surface area (TPSA) is 61.4 Å². The number of aliphatic hydroxyl groups is 1. The summed E-state index contributed by atoms with van der Waals surface area (Å²) in [4.78, 5) is 9.19. The van der Waals surface area contributed by atoms with E-state index in [1.54, 1.807) is 18.3 Å². The Balaban J connectivity index is 1.99. The van der Waals surface area contributed by atoms with Gasteiger partial charge in [0.1, 0.15) is 11.6 Å². The van der Waals surface area contributed by atoms with Crippen molar-refractivity contribution in [3.63, 3.8) is 0 Å². The molecular weight excluding hydrogens is 311 g/mol. The highest BCUT2D eigenvalue weighted by atomic mass is 19.4. The molecule has 2 N–H and O–H groups in total. The number of nitrogens with one attached hydrogen (secondary N) is 1. The molecule has 0 aliphatic heterocycles. The molecule has 0 saturated heterocycles. The molecule has 0 spiro atoms. The van der Waals surface area contributed by atoms with Crippen LogP contribution in [0.2, 0.25) is 0 Å². The maximum absolute atomic E-state index is 12.1. The van der Waals surface area contributed by atoms with Crippen molar-refractivity contribution in [2.45, 2.75) is 26.4 Å². The molecule has 2 aromatic rings. The Labute approximate surface area is 131 Å². The Bertz CT molecular complexity index is 611. The van der Waals surface area contributed by atoms with Gasteiger partial charge < -0.3 is 14.8 Å². The average Bonchev–Trinajstić information content (AvgIpc) is 2.85. The SMILES string of the molecule is Cc1ncc(CN(CCO)Cc2ccc(OC(F)(F)F)cc2)[nH]1. The minimum absolute atomic E-state index is 0.0115. The van der Waals surface area contributed by atoms with E-state index in [9.17, 15) is 13.2 Å². The number of nitrogens with zero attached hydrogens (tertiary/aromatic N) is 2. The van der Waals surface area contributed by atoms with Crippen molar-refractivity contribution in [2.75, 3.05) is 13.2 Å². The number of ether oxygens (including phenoxy) is 1. The lowest BCUT2D eigenvalue weighted by Crippen LogP contribution is -2.26. The summed E-state index contributed by atoms with van der Waals surface area (Å²) in [5.74, 6) is 0.553. The quantitative estimate of drug-likeness (QED) is 0.820. The first-order valence-corrected chi connectivity index (χ1v) is 7.04. The fourth-order valence-corrected chi connectivity index (χ4v) is 2.20. The van der Waals surface area contributed by atoms with Gasteiger partial charge in [0.2, 0.25) is 0 Å². The third-order valence-electron chi connectivity index (χ3n) is 3.13.